The quantitative estimate of drug-likeness (QED) is 0.340. The second-order valence-electron chi connectivity index (χ2n) is 8.78. The molecule has 1 aromatic heterocycles. The van der Waals surface area contributed by atoms with Crippen molar-refractivity contribution in [3.63, 3.8) is 0 Å². The average molecular weight is 467 g/mol. The maximum absolute atomic E-state index is 12.5. The lowest BCUT2D eigenvalue weighted by atomic mass is 9.99. The molecule has 1 aliphatic rings. The lowest BCUT2D eigenvalue weighted by Gasteiger charge is -2.34. The zero-order chi connectivity index (χ0) is 24.4. The Kier molecular flexibility index (Phi) is 6.16. The van der Waals surface area contributed by atoms with Crippen LogP contribution in [0.2, 0.25) is 0 Å². The lowest BCUT2D eigenvalue weighted by molar-refractivity contribution is 0.112. The number of piperazine rings is 1. The third kappa shape index (κ3) is 4.72. The van der Waals surface area contributed by atoms with E-state index in [-0.39, 0.29) is 11.4 Å². The number of anilines is 1. The first-order chi connectivity index (χ1) is 17.0. The second kappa shape index (κ2) is 9.56. The highest BCUT2D eigenvalue weighted by atomic mass is 16.3. The smallest absolute Gasteiger partial charge is 0.258 e. The summed E-state index contributed by atoms with van der Waals surface area (Å²) in [4.78, 5) is 35.2. The van der Waals surface area contributed by atoms with Gasteiger partial charge in [-0.05, 0) is 54.6 Å². The lowest BCUT2D eigenvalue weighted by Crippen LogP contribution is -2.44. The number of aldehydes is 1. The highest BCUT2D eigenvalue weighted by molar-refractivity contribution is 6.03. The van der Waals surface area contributed by atoms with E-state index >= 15 is 0 Å². The standard InChI is InChI=1S/C28H26N4O3/c1-31-12-14-32(15-13-31)23-9-7-22(8-10-23)29-17-26-25-16-21(20-4-2-19(18-33)3-5-20)6-11-24(25)27(34)30-28(26)35/h2-11,16-18H,12-15H2,1H3,(H2,30,34,35). The van der Waals surface area contributed by atoms with Crippen LogP contribution in [-0.2, 0) is 0 Å². The van der Waals surface area contributed by atoms with Crippen LogP contribution in [0.5, 0.6) is 5.88 Å². The van der Waals surface area contributed by atoms with Gasteiger partial charge in [-0.2, -0.15) is 0 Å². The summed E-state index contributed by atoms with van der Waals surface area (Å²) in [6, 6.07) is 20.7. The number of hydrogen-bond donors (Lipinski definition) is 2. The van der Waals surface area contributed by atoms with Crippen LogP contribution in [0.25, 0.3) is 21.9 Å². The van der Waals surface area contributed by atoms with Gasteiger partial charge in [0, 0.05) is 54.4 Å². The van der Waals surface area contributed by atoms with Crippen molar-refractivity contribution in [1.29, 1.82) is 0 Å². The average Bonchev–Trinajstić information content (AvgIpc) is 2.89. The number of pyridine rings is 1. The molecule has 1 saturated heterocycles. The molecule has 0 spiro atoms. The molecule has 2 N–H and O–H groups in total. The number of nitrogens with zero attached hydrogens (tertiary/aromatic N) is 3. The molecule has 0 amide bonds. The Bertz CT molecular complexity index is 1450. The summed E-state index contributed by atoms with van der Waals surface area (Å²) in [6.07, 6.45) is 2.38. The van der Waals surface area contributed by atoms with Crippen molar-refractivity contribution in [2.24, 2.45) is 4.99 Å². The predicted octanol–water partition coefficient (Wildman–Crippen LogP) is 4.22. The van der Waals surface area contributed by atoms with Gasteiger partial charge in [0.05, 0.1) is 11.3 Å². The van der Waals surface area contributed by atoms with Crippen LogP contribution in [0, 0.1) is 0 Å². The highest BCUT2D eigenvalue weighted by Gasteiger charge is 2.14. The van der Waals surface area contributed by atoms with Gasteiger partial charge < -0.3 is 14.9 Å². The van der Waals surface area contributed by atoms with Gasteiger partial charge in [0.2, 0.25) is 5.88 Å². The third-order valence-electron chi connectivity index (χ3n) is 6.48. The molecular weight excluding hydrogens is 440 g/mol. The van der Waals surface area contributed by atoms with Crippen LogP contribution in [0.15, 0.2) is 76.5 Å². The van der Waals surface area contributed by atoms with E-state index in [1.807, 2.05) is 36.4 Å². The zero-order valence-corrected chi connectivity index (χ0v) is 19.4. The number of aromatic nitrogens is 1. The number of aromatic hydroxyl groups is 1. The van der Waals surface area contributed by atoms with Crippen molar-refractivity contribution in [2.75, 3.05) is 38.1 Å². The number of carbonyl (C=O) groups is 1. The summed E-state index contributed by atoms with van der Waals surface area (Å²) in [6.45, 7) is 4.08. The number of likely N-dealkylation sites (N-methyl/N-ethyl adjacent to an activating group) is 1. The van der Waals surface area contributed by atoms with E-state index in [2.05, 4.69) is 39.0 Å². The summed E-state index contributed by atoms with van der Waals surface area (Å²) in [7, 11) is 2.14. The highest BCUT2D eigenvalue weighted by Crippen LogP contribution is 2.28. The van der Waals surface area contributed by atoms with Crippen molar-refractivity contribution in [3.8, 4) is 17.0 Å². The maximum atomic E-state index is 12.5. The van der Waals surface area contributed by atoms with Crippen LogP contribution in [-0.4, -0.2) is 60.7 Å². The van der Waals surface area contributed by atoms with Gasteiger partial charge in [0.25, 0.3) is 5.56 Å². The van der Waals surface area contributed by atoms with Crippen molar-refractivity contribution >= 4 is 34.6 Å². The van der Waals surface area contributed by atoms with Crippen LogP contribution >= 0.6 is 0 Å². The summed E-state index contributed by atoms with van der Waals surface area (Å²) in [5.41, 5.74) is 4.35. The fourth-order valence-corrected chi connectivity index (χ4v) is 4.35. The number of nitrogens with one attached hydrogen (secondary N) is 1. The molecule has 0 radical (unpaired) electrons. The summed E-state index contributed by atoms with van der Waals surface area (Å²) < 4.78 is 0. The minimum atomic E-state index is -0.367. The first-order valence-electron chi connectivity index (χ1n) is 11.5. The molecular formula is C28H26N4O3. The number of H-pyrrole nitrogens is 1. The Morgan fingerprint density at radius 3 is 2.26 bits per heavy atom. The minimum absolute atomic E-state index is 0.228. The molecule has 3 aromatic carbocycles. The fourth-order valence-electron chi connectivity index (χ4n) is 4.35. The fraction of sp³-hybridized carbons (Fsp3) is 0.179. The van der Waals surface area contributed by atoms with Gasteiger partial charge in [0.1, 0.15) is 6.29 Å². The van der Waals surface area contributed by atoms with E-state index in [1.54, 1.807) is 24.4 Å². The molecule has 0 aliphatic carbocycles. The molecule has 176 valence electrons. The molecule has 4 aromatic rings. The minimum Gasteiger partial charge on any atom is -0.494 e. The van der Waals surface area contributed by atoms with Gasteiger partial charge in [-0.15, -0.1) is 0 Å². The van der Waals surface area contributed by atoms with Crippen LogP contribution in [0.3, 0.4) is 0 Å². The Balaban J connectivity index is 1.47. The first-order valence-corrected chi connectivity index (χ1v) is 11.5. The molecule has 7 heteroatoms. The second-order valence-corrected chi connectivity index (χ2v) is 8.78. The number of benzene rings is 3. The van der Waals surface area contributed by atoms with Crippen LogP contribution < -0.4 is 10.5 Å². The molecule has 5 rings (SSSR count). The normalized spacial score (nSPS) is 14.6. The van der Waals surface area contributed by atoms with Gasteiger partial charge in [-0.25, -0.2) is 0 Å². The Hall–Kier alpha value is -4.23. The third-order valence-corrected chi connectivity index (χ3v) is 6.48. The summed E-state index contributed by atoms with van der Waals surface area (Å²) in [5, 5.41) is 11.6. The van der Waals surface area contributed by atoms with Gasteiger partial charge in [0.15, 0.2) is 0 Å². The van der Waals surface area contributed by atoms with E-state index in [0.29, 0.717) is 21.9 Å². The summed E-state index contributed by atoms with van der Waals surface area (Å²) >= 11 is 0. The molecule has 2 heterocycles. The number of aromatic amines is 1. The van der Waals surface area contributed by atoms with Crippen molar-refractivity contribution in [3.05, 3.63) is 88.2 Å². The largest absolute Gasteiger partial charge is 0.494 e. The van der Waals surface area contributed by atoms with Crippen molar-refractivity contribution < 1.29 is 9.90 Å². The van der Waals surface area contributed by atoms with Gasteiger partial charge >= 0.3 is 0 Å². The number of aliphatic imine (C=N–C) groups is 1. The molecule has 7 nitrogen and oxygen atoms in total. The Morgan fingerprint density at radius 1 is 0.886 bits per heavy atom. The molecule has 35 heavy (non-hydrogen) atoms. The maximum Gasteiger partial charge on any atom is 0.258 e. The van der Waals surface area contributed by atoms with Crippen molar-refractivity contribution in [1.82, 2.24) is 9.88 Å². The number of rotatable bonds is 5. The van der Waals surface area contributed by atoms with E-state index in [9.17, 15) is 14.7 Å². The number of carbonyl (C=O) groups excluding carboxylic acids is 1. The van der Waals surface area contributed by atoms with Crippen molar-refractivity contribution in [2.45, 2.75) is 0 Å². The molecule has 0 bridgehead atoms. The number of fused-ring (bicyclic) bond motifs is 1. The number of hydrogen-bond acceptors (Lipinski definition) is 6. The summed E-state index contributed by atoms with van der Waals surface area (Å²) in [5.74, 6) is -0.228. The monoisotopic (exact) mass is 466 g/mol. The van der Waals surface area contributed by atoms with E-state index in [0.717, 1.165) is 49.3 Å². The molecule has 0 atom stereocenters. The zero-order valence-electron chi connectivity index (χ0n) is 19.4. The van der Waals surface area contributed by atoms with E-state index in [4.69, 9.17) is 0 Å². The molecule has 0 saturated carbocycles. The first kappa shape index (κ1) is 22.6. The van der Waals surface area contributed by atoms with E-state index in [1.165, 1.54) is 5.69 Å². The molecule has 1 fully saturated rings. The Morgan fingerprint density at radius 2 is 1.57 bits per heavy atom. The molecule has 0 unspecified atom stereocenters. The van der Waals surface area contributed by atoms with Gasteiger partial charge in [-0.3, -0.25) is 19.6 Å². The molecule has 1 aliphatic heterocycles. The Labute approximate surface area is 203 Å². The van der Waals surface area contributed by atoms with E-state index < -0.39 is 0 Å². The predicted molar refractivity (Wildman–Crippen MR) is 140 cm³/mol. The topological polar surface area (TPSA) is 89.0 Å². The van der Waals surface area contributed by atoms with Gasteiger partial charge in [-0.1, -0.05) is 30.3 Å². The SMILES string of the molecule is CN1CCN(c2ccc(N=Cc3c(O)[nH]c(=O)c4ccc(-c5ccc(C=O)cc5)cc34)cc2)CC1. The van der Waals surface area contributed by atoms with Crippen LogP contribution in [0.1, 0.15) is 15.9 Å². The van der Waals surface area contributed by atoms with Crippen LogP contribution in [0.4, 0.5) is 11.4 Å².